The molecule has 2 aromatic carbocycles. The van der Waals surface area contributed by atoms with Crippen molar-refractivity contribution in [1.29, 1.82) is 5.26 Å². The molecule has 1 atom stereocenters. The molecule has 0 aromatic heterocycles. The molecule has 1 heterocycles. The van der Waals surface area contributed by atoms with Crippen LogP contribution < -0.4 is 0 Å². The Morgan fingerprint density at radius 1 is 1.07 bits per heavy atom. The van der Waals surface area contributed by atoms with Gasteiger partial charge in [0.15, 0.2) is 0 Å². The van der Waals surface area contributed by atoms with E-state index in [1.54, 1.807) is 0 Å². The van der Waals surface area contributed by atoms with Crippen LogP contribution in [0.4, 0.5) is 4.79 Å². The van der Waals surface area contributed by atoms with Gasteiger partial charge in [-0.1, -0.05) is 42.5 Å². The zero-order valence-corrected chi connectivity index (χ0v) is 17.5. The van der Waals surface area contributed by atoms with Crippen LogP contribution in [0, 0.1) is 11.3 Å². The number of hydrogen-bond donors (Lipinski definition) is 0. The predicted molar refractivity (Wildman–Crippen MR) is 113 cm³/mol. The Bertz CT molecular complexity index is 850. The first-order valence-electron chi connectivity index (χ1n) is 10.1. The van der Waals surface area contributed by atoms with E-state index in [1.807, 2.05) is 56.0 Å². The summed E-state index contributed by atoms with van der Waals surface area (Å²) >= 11 is 0. The summed E-state index contributed by atoms with van der Waals surface area (Å²) in [6.07, 6.45) is 0.478. The van der Waals surface area contributed by atoms with Gasteiger partial charge in [-0.25, -0.2) is 4.79 Å². The first-order chi connectivity index (χ1) is 13.8. The number of carbonyl (C=O) groups excluding carboxylic acids is 1. The van der Waals surface area contributed by atoms with Gasteiger partial charge in [0.1, 0.15) is 5.60 Å². The fourth-order valence-corrected chi connectivity index (χ4v) is 3.63. The van der Waals surface area contributed by atoms with Crippen molar-refractivity contribution in [3.05, 3.63) is 71.3 Å². The van der Waals surface area contributed by atoms with Crippen LogP contribution in [0.25, 0.3) is 0 Å². The molecule has 0 unspecified atom stereocenters. The molecule has 0 radical (unpaired) electrons. The molecule has 0 N–H and O–H groups in total. The molecular formula is C24H29N3O2. The number of rotatable bonds is 4. The molecule has 1 fully saturated rings. The van der Waals surface area contributed by atoms with Gasteiger partial charge >= 0.3 is 6.09 Å². The lowest BCUT2D eigenvalue weighted by Crippen LogP contribution is -2.56. The van der Waals surface area contributed by atoms with Crippen LogP contribution in [0.2, 0.25) is 0 Å². The highest BCUT2D eigenvalue weighted by atomic mass is 16.6. The second-order valence-electron chi connectivity index (χ2n) is 8.56. The van der Waals surface area contributed by atoms with Crippen molar-refractivity contribution in [1.82, 2.24) is 9.80 Å². The van der Waals surface area contributed by atoms with Gasteiger partial charge in [0.2, 0.25) is 0 Å². The smallest absolute Gasteiger partial charge is 0.410 e. The maximum absolute atomic E-state index is 12.8. The van der Waals surface area contributed by atoms with Crippen molar-refractivity contribution >= 4 is 6.09 Å². The highest BCUT2D eigenvalue weighted by molar-refractivity contribution is 5.69. The molecule has 0 bridgehead atoms. The molecule has 1 aliphatic heterocycles. The molecule has 1 aliphatic rings. The average molecular weight is 392 g/mol. The topological polar surface area (TPSA) is 56.6 Å². The maximum Gasteiger partial charge on any atom is 0.410 e. The first-order valence-corrected chi connectivity index (χ1v) is 10.1. The Kier molecular flexibility index (Phi) is 6.56. The summed E-state index contributed by atoms with van der Waals surface area (Å²) in [6.45, 7) is 8.80. The number of nitrogens with zero attached hydrogens (tertiary/aromatic N) is 3. The first kappa shape index (κ1) is 20.9. The molecule has 0 spiro atoms. The molecular weight excluding hydrogens is 362 g/mol. The fraction of sp³-hybridized carbons (Fsp3) is 0.417. The van der Waals surface area contributed by atoms with E-state index in [1.165, 1.54) is 5.56 Å². The van der Waals surface area contributed by atoms with Gasteiger partial charge in [0.25, 0.3) is 0 Å². The van der Waals surface area contributed by atoms with Crippen LogP contribution in [-0.2, 0) is 17.7 Å². The van der Waals surface area contributed by atoms with Crippen LogP contribution in [0.1, 0.15) is 37.5 Å². The van der Waals surface area contributed by atoms with Gasteiger partial charge in [0.05, 0.1) is 17.7 Å². The maximum atomic E-state index is 12.8. The van der Waals surface area contributed by atoms with E-state index in [2.05, 4.69) is 35.2 Å². The van der Waals surface area contributed by atoms with E-state index in [9.17, 15) is 4.79 Å². The molecule has 5 nitrogen and oxygen atoms in total. The summed E-state index contributed by atoms with van der Waals surface area (Å²) in [5, 5.41) is 9.02. The molecule has 0 saturated carbocycles. The van der Waals surface area contributed by atoms with E-state index in [0.717, 1.165) is 31.6 Å². The second-order valence-corrected chi connectivity index (χ2v) is 8.56. The minimum atomic E-state index is -0.517. The molecule has 152 valence electrons. The largest absolute Gasteiger partial charge is 0.444 e. The number of benzene rings is 2. The van der Waals surface area contributed by atoms with Crippen LogP contribution in [-0.4, -0.2) is 47.2 Å². The van der Waals surface area contributed by atoms with Crippen molar-refractivity contribution in [2.75, 3.05) is 19.6 Å². The quantitative estimate of drug-likeness (QED) is 0.783. The Hall–Kier alpha value is -2.84. The number of hydrogen-bond acceptors (Lipinski definition) is 4. The minimum Gasteiger partial charge on any atom is -0.444 e. The third-order valence-corrected chi connectivity index (χ3v) is 5.00. The van der Waals surface area contributed by atoms with Gasteiger partial charge in [-0.3, -0.25) is 4.90 Å². The zero-order valence-electron chi connectivity index (χ0n) is 17.5. The van der Waals surface area contributed by atoms with Gasteiger partial charge < -0.3 is 9.64 Å². The van der Waals surface area contributed by atoms with E-state index in [-0.39, 0.29) is 12.1 Å². The van der Waals surface area contributed by atoms with E-state index < -0.39 is 5.60 Å². The van der Waals surface area contributed by atoms with E-state index >= 15 is 0 Å². The number of nitriles is 1. The number of piperazine rings is 1. The highest BCUT2D eigenvalue weighted by Crippen LogP contribution is 2.20. The fourth-order valence-electron chi connectivity index (χ4n) is 3.63. The average Bonchev–Trinajstić information content (AvgIpc) is 2.68. The molecule has 0 aliphatic carbocycles. The lowest BCUT2D eigenvalue weighted by Gasteiger charge is -2.42. The summed E-state index contributed by atoms with van der Waals surface area (Å²) in [5.74, 6) is 0. The van der Waals surface area contributed by atoms with Crippen molar-refractivity contribution in [2.45, 2.75) is 45.4 Å². The highest BCUT2D eigenvalue weighted by Gasteiger charge is 2.33. The van der Waals surface area contributed by atoms with Crippen LogP contribution in [0.15, 0.2) is 54.6 Å². The molecule has 5 heteroatoms. The van der Waals surface area contributed by atoms with Crippen LogP contribution >= 0.6 is 0 Å². The van der Waals surface area contributed by atoms with Gasteiger partial charge in [-0.05, 0) is 50.5 Å². The van der Waals surface area contributed by atoms with Crippen molar-refractivity contribution in [2.24, 2.45) is 0 Å². The number of carbonyl (C=O) groups is 1. The summed E-state index contributed by atoms with van der Waals surface area (Å²) in [7, 11) is 0. The van der Waals surface area contributed by atoms with Crippen molar-refractivity contribution in [3.8, 4) is 6.07 Å². The van der Waals surface area contributed by atoms with Crippen LogP contribution in [0.5, 0.6) is 0 Å². The summed E-state index contributed by atoms with van der Waals surface area (Å²) in [4.78, 5) is 17.1. The van der Waals surface area contributed by atoms with E-state index in [0.29, 0.717) is 12.1 Å². The lowest BCUT2D eigenvalue weighted by molar-refractivity contribution is -0.00232. The Labute approximate surface area is 173 Å². The van der Waals surface area contributed by atoms with Crippen molar-refractivity contribution in [3.63, 3.8) is 0 Å². The lowest BCUT2D eigenvalue weighted by atomic mass is 10.0. The van der Waals surface area contributed by atoms with Crippen molar-refractivity contribution < 1.29 is 9.53 Å². The van der Waals surface area contributed by atoms with E-state index in [4.69, 9.17) is 10.00 Å². The Morgan fingerprint density at radius 2 is 1.76 bits per heavy atom. The molecule has 1 amide bonds. The molecule has 29 heavy (non-hydrogen) atoms. The Balaban J connectivity index is 1.75. The van der Waals surface area contributed by atoms with Crippen LogP contribution in [0.3, 0.4) is 0 Å². The molecule has 2 aromatic rings. The monoisotopic (exact) mass is 391 g/mol. The minimum absolute atomic E-state index is 0.0234. The Morgan fingerprint density at radius 3 is 2.38 bits per heavy atom. The molecule has 3 rings (SSSR count). The van der Waals surface area contributed by atoms with Gasteiger partial charge in [-0.15, -0.1) is 0 Å². The third kappa shape index (κ3) is 6.07. The predicted octanol–water partition coefficient (Wildman–Crippen LogP) is 4.22. The van der Waals surface area contributed by atoms with Gasteiger partial charge in [-0.2, -0.15) is 5.26 Å². The normalized spacial score (nSPS) is 17.6. The molecule has 1 saturated heterocycles. The summed E-state index contributed by atoms with van der Waals surface area (Å²) in [6, 6.07) is 20.2. The summed E-state index contributed by atoms with van der Waals surface area (Å²) < 4.78 is 5.66. The number of amides is 1. The van der Waals surface area contributed by atoms with Gasteiger partial charge in [0, 0.05) is 26.2 Å². The zero-order chi connectivity index (χ0) is 20.9. The second kappa shape index (κ2) is 9.11. The third-order valence-electron chi connectivity index (χ3n) is 5.00. The standard InChI is InChI=1S/C24H29N3O2/c1-24(2,3)29-23(28)27-14-13-26(17-21-7-5-4-6-8-21)18-22(27)15-19-9-11-20(16-25)12-10-19/h4-12,22H,13-15,17-18H2,1-3H3/t22-/m1/s1. The number of ether oxygens (including phenoxy) is 1. The SMILES string of the molecule is CC(C)(C)OC(=O)N1CCN(Cc2ccccc2)C[C@H]1Cc1ccc(C#N)cc1. The summed E-state index contributed by atoms with van der Waals surface area (Å²) in [5.41, 5.74) is 2.52.